The molecule has 2 aromatic heterocycles. The van der Waals surface area contributed by atoms with E-state index >= 15 is 0 Å². The van der Waals surface area contributed by atoms with Gasteiger partial charge in [0.1, 0.15) is 5.75 Å². The fraction of sp³-hybridized carbons (Fsp3) is 0.361. The summed E-state index contributed by atoms with van der Waals surface area (Å²) in [6.07, 6.45) is 3.17. The highest BCUT2D eigenvalue weighted by atomic mass is 16.3. The molecular formula is C36H46N6O7. The molecule has 2 unspecified atom stereocenters. The Balaban J connectivity index is 0.000000223. The minimum Gasteiger partial charge on any atom is -0.508 e. The lowest BCUT2D eigenvalue weighted by atomic mass is 10.0. The molecular weight excluding hydrogens is 628 g/mol. The molecule has 7 N–H and O–H groups in total. The van der Waals surface area contributed by atoms with Gasteiger partial charge in [-0.1, -0.05) is 48.5 Å². The molecule has 262 valence electrons. The number of unbranched alkanes of at least 4 members (excludes halogenated alkanes) is 1. The van der Waals surface area contributed by atoms with Crippen LogP contribution in [0, 0.1) is 0 Å². The number of imidazole rings is 1. The predicted octanol–water partition coefficient (Wildman–Crippen LogP) is 2.59. The molecule has 13 heteroatoms. The van der Waals surface area contributed by atoms with Gasteiger partial charge in [-0.3, -0.25) is 13.9 Å². The van der Waals surface area contributed by atoms with Crippen LogP contribution in [0.1, 0.15) is 48.7 Å². The van der Waals surface area contributed by atoms with Crippen molar-refractivity contribution in [1.82, 2.24) is 29.3 Å². The Morgan fingerprint density at radius 1 is 0.816 bits per heavy atom. The van der Waals surface area contributed by atoms with Crippen molar-refractivity contribution < 1.29 is 25.5 Å². The number of aromatic hydroxyl groups is 3. The van der Waals surface area contributed by atoms with E-state index in [2.05, 4.69) is 15.6 Å². The molecule has 0 aliphatic heterocycles. The van der Waals surface area contributed by atoms with Gasteiger partial charge < -0.3 is 40.7 Å². The van der Waals surface area contributed by atoms with Gasteiger partial charge in [-0.15, -0.1) is 0 Å². The zero-order valence-corrected chi connectivity index (χ0v) is 28.0. The summed E-state index contributed by atoms with van der Waals surface area (Å²) < 4.78 is 4.17. The Bertz CT molecular complexity index is 1900. The van der Waals surface area contributed by atoms with Gasteiger partial charge in [0.25, 0.3) is 5.56 Å². The lowest BCUT2D eigenvalue weighted by Gasteiger charge is -2.20. The smallest absolute Gasteiger partial charge is 0.332 e. The Kier molecular flexibility index (Phi) is 13.1. The van der Waals surface area contributed by atoms with Gasteiger partial charge in [0.2, 0.25) is 0 Å². The van der Waals surface area contributed by atoms with Crippen molar-refractivity contribution in [3.05, 3.63) is 117 Å². The van der Waals surface area contributed by atoms with Crippen LogP contribution in [0.15, 0.2) is 88.7 Å². The van der Waals surface area contributed by atoms with Gasteiger partial charge in [-0.05, 0) is 73.7 Å². The second-order valence-electron chi connectivity index (χ2n) is 12.0. The zero-order valence-electron chi connectivity index (χ0n) is 28.0. The van der Waals surface area contributed by atoms with Crippen molar-refractivity contribution in [2.24, 2.45) is 14.1 Å². The minimum absolute atomic E-state index is 0.153. The first-order valence-corrected chi connectivity index (χ1v) is 16.2. The molecule has 0 saturated heterocycles. The summed E-state index contributed by atoms with van der Waals surface area (Å²) in [5.41, 5.74) is 2.62. The number of hydrogen-bond donors (Lipinski definition) is 7. The largest absolute Gasteiger partial charge is 0.508 e. The van der Waals surface area contributed by atoms with Crippen molar-refractivity contribution in [2.45, 2.75) is 51.0 Å². The third-order valence-electron chi connectivity index (χ3n) is 8.38. The van der Waals surface area contributed by atoms with Crippen LogP contribution in [0.3, 0.4) is 0 Å². The zero-order chi connectivity index (χ0) is 35.5. The monoisotopic (exact) mass is 674 g/mol. The van der Waals surface area contributed by atoms with Crippen molar-refractivity contribution in [1.29, 1.82) is 0 Å². The quantitative estimate of drug-likeness (QED) is 0.0682. The minimum atomic E-state index is -0.724. The first-order chi connectivity index (χ1) is 23.5. The number of aliphatic hydroxyl groups excluding tert-OH is 2. The van der Waals surface area contributed by atoms with E-state index in [1.54, 1.807) is 36.1 Å². The molecule has 0 bridgehead atoms. The molecule has 3 atom stereocenters. The lowest BCUT2D eigenvalue weighted by molar-refractivity contribution is 0.135. The van der Waals surface area contributed by atoms with E-state index in [1.165, 1.54) is 29.3 Å². The molecule has 5 rings (SSSR count). The SMILES string of the molecule is CC(NCCn1cnc2c1c(=O)n(C)c(=O)n2C)C(O)c1ccccc1.Oc1ccc(CCCCNC[C@H](O)c2ccc(O)c(O)c2)cc1. The van der Waals surface area contributed by atoms with Gasteiger partial charge in [-0.2, -0.15) is 0 Å². The number of phenolic OH excluding ortho intramolecular Hbond substituents is 3. The summed E-state index contributed by atoms with van der Waals surface area (Å²) >= 11 is 0. The number of rotatable bonds is 14. The maximum atomic E-state index is 12.4. The molecule has 0 radical (unpaired) electrons. The topological polar surface area (TPSA) is 187 Å². The van der Waals surface area contributed by atoms with E-state index in [0.29, 0.717) is 36.4 Å². The van der Waals surface area contributed by atoms with Crippen LogP contribution in [0.4, 0.5) is 0 Å². The highest BCUT2D eigenvalue weighted by Crippen LogP contribution is 2.27. The van der Waals surface area contributed by atoms with Crippen LogP contribution in [0.5, 0.6) is 17.2 Å². The summed E-state index contributed by atoms with van der Waals surface area (Å²) in [4.78, 5) is 28.6. The number of aryl methyl sites for hydroxylation is 2. The number of aliphatic hydroxyl groups is 2. The maximum Gasteiger partial charge on any atom is 0.332 e. The van der Waals surface area contributed by atoms with Gasteiger partial charge in [0, 0.05) is 39.8 Å². The number of nitrogens with one attached hydrogen (secondary N) is 2. The van der Waals surface area contributed by atoms with Crippen molar-refractivity contribution in [3.63, 3.8) is 0 Å². The molecule has 3 aromatic carbocycles. The normalized spacial score (nSPS) is 13.1. The van der Waals surface area contributed by atoms with E-state index in [9.17, 15) is 35.1 Å². The van der Waals surface area contributed by atoms with Gasteiger partial charge >= 0.3 is 5.69 Å². The number of phenols is 3. The third-order valence-corrected chi connectivity index (χ3v) is 8.38. The molecule has 0 aliphatic rings. The Morgan fingerprint density at radius 3 is 2.22 bits per heavy atom. The Morgan fingerprint density at radius 2 is 1.53 bits per heavy atom. The highest BCUT2D eigenvalue weighted by Gasteiger charge is 2.17. The summed E-state index contributed by atoms with van der Waals surface area (Å²) in [5, 5.41) is 54.7. The van der Waals surface area contributed by atoms with E-state index in [-0.39, 0.29) is 28.8 Å². The number of hydrogen-bond acceptors (Lipinski definition) is 10. The lowest BCUT2D eigenvalue weighted by Crippen LogP contribution is -2.38. The van der Waals surface area contributed by atoms with Crippen molar-refractivity contribution >= 4 is 11.2 Å². The molecule has 0 spiro atoms. The number of aromatic nitrogens is 4. The molecule has 5 aromatic rings. The Labute approximate surface area is 284 Å². The van der Waals surface area contributed by atoms with Crippen molar-refractivity contribution in [3.8, 4) is 17.2 Å². The number of nitrogens with zero attached hydrogens (tertiary/aromatic N) is 4. The van der Waals surface area contributed by atoms with Crippen LogP contribution in [-0.4, -0.2) is 69.9 Å². The summed E-state index contributed by atoms with van der Waals surface area (Å²) in [7, 11) is 3.05. The molecule has 13 nitrogen and oxygen atoms in total. The molecule has 0 saturated carbocycles. The maximum absolute atomic E-state index is 12.4. The average Bonchev–Trinajstić information content (AvgIpc) is 3.54. The second kappa shape index (κ2) is 17.4. The Hall–Kier alpha value is -4.95. The number of fused-ring (bicyclic) bond motifs is 1. The number of benzene rings is 3. The molecule has 0 amide bonds. The first-order valence-electron chi connectivity index (χ1n) is 16.2. The first kappa shape index (κ1) is 36.9. The van der Waals surface area contributed by atoms with Gasteiger partial charge in [-0.25, -0.2) is 9.78 Å². The third kappa shape index (κ3) is 9.80. The molecule has 49 heavy (non-hydrogen) atoms. The fourth-order valence-electron chi connectivity index (χ4n) is 5.38. The van der Waals surface area contributed by atoms with Crippen LogP contribution in [-0.2, 0) is 27.1 Å². The molecule has 0 fully saturated rings. The van der Waals surface area contributed by atoms with Crippen LogP contribution in [0.2, 0.25) is 0 Å². The van der Waals surface area contributed by atoms with Gasteiger partial charge in [0.15, 0.2) is 22.7 Å². The summed E-state index contributed by atoms with van der Waals surface area (Å²) in [6, 6.07) is 20.9. The summed E-state index contributed by atoms with van der Waals surface area (Å²) in [6.45, 7) is 4.13. The predicted molar refractivity (Wildman–Crippen MR) is 188 cm³/mol. The van der Waals surface area contributed by atoms with E-state index in [1.807, 2.05) is 49.4 Å². The second-order valence-corrected chi connectivity index (χ2v) is 12.0. The van der Waals surface area contributed by atoms with Gasteiger partial charge in [0.05, 0.1) is 18.5 Å². The summed E-state index contributed by atoms with van der Waals surface area (Å²) in [5.74, 6) is -0.136. The fourth-order valence-corrected chi connectivity index (χ4v) is 5.38. The average molecular weight is 675 g/mol. The highest BCUT2D eigenvalue weighted by molar-refractivity contribution is 5.69. The van der Waals surface area contributed by atoms with Crippen LogP contribution >= 0.6 is 0 Å². The van der Waals surface area contributed by atoms with Crippen LogP contribution < -0.4 is 21.9 Å². The molecule has 0 aliphatic carbocycles. The van der Waals surface area contributed by atoms with E-state index < -0.39 is 17.9 Å². The molecule has 2 heterocycles. The standard InChI is InChI=1S/C18H23N5O3.C18H23NO4/c1-12(15(24)13-7-5-4-6-8-13)19-9-10-23-11-20-16-14(23)17(25)22(3)18(26)21(16)2;20-15-7-4-13(5-8-15)3-1-2-10-19-12-18(23)14-6-9-16(21)17(22)11-14/h4-8,11-12,15,19,24H,9-10H2,1-3H3;4-9,11,18-23H,1-3,10,12H2/t;18-/m.0/s1. The van der Waals surface area contributed by atoms with E-state index in [0.717, 1.165) is 35.9 Å². The van der Waals surface area contributed by atoms with E-state index in [4.69, 9.17) is 0 Å². The van der Waals surface area contributed by atoms with Crippen molar-refractivity contribution in [2.75, 3.05) is 19.6 Å². The van der Waals surface area contributed by atoms with Crippen LogP contribution in [0.25, 0.3) is 11.2 Å².